The summed E-state index contributed by atoms with van der Waals surface area (Å²) in [7, 11) is 0. The predicted octanol–water partition coefficient (Wildman–Crippen LogP) is 1.96. The molecule has 0 spiro atoms. The third kappa shape index (κ3) is 3.11. The number of carbonyl (C=O) groups is 2. The van der Waals surface area contributed by atoms with Gasteiger partial charge in [-0.1, -0.05) is 13.8 Å². The van der Waals surface area contributed by atoms with E-state index < -0.39 is 23.7 Å². The molecule has 1 fully saturated rings. The van der Waals surface area contributed by atoms with Crippen LogP contribution in [-0.4, -0.2) is 40.3 Å². The molecular weight excluding hydrogens is 222 g/mol. The third-order valence-corrected chi connectivity index (χ3v) is 3.10. The number of carbonyl (C=O) groups excluding carboxylic acids is 1. The summed E-state index contributed by atoms with van der Waals surface area (Å²) in [6.45, 7) is 9.54. The van der Waals surface area contributed by atoms with Gasteiger partial charge in [0.15, 0.2) is 0 Å². The molecule has 0 saturated carbocycles. The van der Waals surface area contributed by atoms with Crippen molar-refractivity contribution in [2.75, 3.05) is 6.54 Å². The van der Waals surface area contributed by atoms with Crippen LogP contribution >= 0.6 is 0 Å². The first-order valence-corrected chi connectivity index (χ1v) is 5.86. The lowest BCUT2D eigenvalue weighted by Gasteiger charge is -2.27. The number of ether oxygens (including phenoxy) is 1. The topological polar surface area (TPSA) is 66.8 Å². The van der Waals surface area contributed by atoms with Gasteiger partial charge < -0.3 is 9.84 Å². The van der Waals surface area contributed by atoms with Crippen molar-refractivity contribution in [3.63, 3.8) is 0 Å². The Morgan fingerprint density at radius 1 is 1.29 bits per heavy atom. The molecule has 5 nitrogen and oxygen atoms in total. The van der Waals surface area contributed by atoms with Crippen molar-refractivity contribution in [3.8, 4) is 0 Å². The Morgan fingerprint density at radius 3 is 2.24 bits per heavy atom. The summed E-state index contributed by atoms with van der Waals surface area (Å²) in [5.74, 6) is -0.851. The van der Waals surface area contributed by atoms with Gasteiger partial charge in [-0.2, -0.15) is 0 Å². The summed E-state index contributed by atoms with van der Waals surface area (Å²) in [6, 6.07) is -0.778. The Labute approximate surface area is 102 Å². The highest BCUT2D eigenvalue weighted by molar-refractivity contribution is 5.81. The summed E-state index contributed by atoms with van der Waals surface area (Å²) in [6.07, 6.45) is -0.541. The maximum Gasteiger partial charge on any atom is 0.411 e. The molecule has 0 aromatic rings. The maximum absolute atomic E-state index is 11.9. The normalized spacial score (nSPS) is 29.2. The monoisotopic (exact) mass is 243 g/mol. The number of nitrogens with zero attached hydrogens (tertiary/aromatic N) is 1. The lowest BCUT2D eigenvalue weighted by atomic mass is 9.94. The van der Waals surface area contributed by atoms with Crippen LogP contribution in [0.3, 0.4) is 0 Å². The lowest BCUT2D eigenvalue weighted by Crippen LogP contribution is -2.45. The van der Waals surface area contributed by atoms with Gasteiger partial charge in [0.05, 0.1) is 0 Å². The molecule has 0 aromatic carbocycles. The van der Waals surface area contributed by atoms with E-state index in [0.29, 0.717) is 6.54 Å². The van der Waals surface area contributed by atoms with E-state index in [2.05, 4.69) is 0 Å². The molecule has 3 atom stereocenters. The zero-order valence-electron chi connectivity index (χ0n) is 11.1. The van der Waals surface area contributed by atoms with E-state index in [9.17, 15) is 9.59 Å². The number of rotatable bonds is 1. The van der Waals surface area contributed by atoms with Crippen molar-refractivity contribution in [1.29, 1.82) is 0 Å². The van der Waals surface area contributed by atoms with Gasteiger partial charge in [0, 0.05) is 6.54 Å². The van der Waals surface area contributed by atoms with E-state index in [-0.39, 0.29) is 11.8 Å². The smallest absolute Gasteiger partial charge is 0.411 e. The van der Waals surface area contributed by atoms with Gasteiger partial charge in [0.2, 0.25) is 0 Å². The molecule has 1 amide bonds. The quantitative estimate of drug-likeness (QED) is 0.764. The fourth-order valence-corrected chi connectivity index (χ4v) is 2.05. The van der Waals surface area contributed by atoms with Crippen LogP contribution in [0.25, 0.3) is 0 Å². The first-order valence-electron chi connectivity index (χ1n) is 5.86. The lowest BCUT2D eigenvalue weighted by molar-refractivity contribution is -0.143. The molecule has 17 heavy (non-hydrogen) atoms. The number of hydrogen-bond donors (Lipinski definition) is 1. The molecule has 0 aliphatic carbocycles. The van der Waals surface area contributed by atoms with Crippen LogP contribution in [0.2, 0.25) is 0 Å². The molecule has 1 saturated heterocycles. The Hall–Kier alpha value is -1.26. The van der Waals surface area contributed by atoms with Crippen molar-refractivity contribution >= 4 is 12.1 Å². The number of likely N-dealkylation sites (tertiary alicyclic amines) is 1. The number of amides is 1. The highest BCUT2D eigenvalue weighted by atomic mass is 16.6. The van der Waals surface area contributed by atoms with Crippen LogP contribution < -0.4 is 0 Å². The van der Waals surface area contributed by atoms with Crippen LogP contribution in [0, 0.1) is 11.8 Å². The van der Waals surface area contributed by atoms with Gasteiger partial charge in [-0.15, -0.1) is 0 Å². The van der Waals surface area contributed by atoms with Crippen molar-refractivity contribution in [2.24, 2.45) is 11.8 Å². The molecule has 1 heterocycles. The zero-order chi connectivity index (χ0) is 13.4. The molecule has 1 aliphatic rings. The average molecular weight is 243 g/mol. The first kappa shape index (κ1) is 13.8. The second kappa shape index (κ2) is 4.55. The molecule has 0 radical (unpaired) electrons. The average Bonchev–Trinajstić information content (AvgIpc) is 2.40. The number of carboxylic acids is 1. The Kier molecular flexibility index (Phi) is 3.69. The standard InChI is InChI=1S/C12H21NO4/c1-7-6-13(9(8(7)2)10(14)15)11(16)17-12(3,4)5/h7-9H,6H2,1-5H3,(H,14,15)/t7-,8-,9-/m0/s1. The van der Waals surface area contributed by atoms with Gasteiger partial charge in [0.1, 0.15) is 11.6 Å². The highest BCUT2D eigenvalue weighted by Gasteiger charge is 2.45. The van der Waals surface area contributed by atoms with E-state index in [1.165, 1.54) is 4.90 Å². The third-order valence-electron chi connectivity index (χ3n) is 3.10. The van der Waals surface area contributed by atoms with Gasteiger partial charge >= 0.3 is 12.1 Å². The van der Waals surface area contributed by atoms with Crippen LogP contribution in [0.1, 0.15) is 34.6 Å². The van der Waals surface area contributed by atoms with E-state index in [4.69, 9.17) is 9.84 Å². The summed E-state index contributed by atoms with van der Waals surface area (Å²) in [5.41, 5.74) is -0.602. The van der Waals surface area contributed by atoms with Crippen molar-refractivity contribution < 1.29 is 19.4 Å². The fourth-order valence-electron chi connectivity index (χ4n) is 2.05. The summed E-state index contributed by atoms with van der Waals surface area (Å²) < 4.78 is 5.22. The van der Waals surface area contributed by atoms with E-state index in [1.807, 2.05) is 13.8 Å². The molecule has 0 unspecified atom stereocenters. The van der Waals surface area contributed by atoms with Crippen LogP contribution in [-0.2, 0) is 9.53 Å². The molecule has 1 N–H and O–H groups in total. The summed E-state index contributed by atoms with van der Waals surface area (Å²) in [5, 5.41) is 9.17. The number of hydrogen-bond acceptors (Lipinski definition) is 3. The second-order valence-corrected chi connectivity index (χ2v) is 5.75. The van der Waals surface area contributed by atoms with Crippen LogP contribution in [0.15, 0.2) is 0 Å². The number of carboxylic acid groups (broad SMARTS) is 1. The number of aliphatic carboxylic acids is 1. The van der Waals surface area contributed by atoms with Gasteiger partial charge in [-0.3, -0.25) is 4.90 Å². The molecule has 5 heteroatoms. The highest BCUT2D eigenvalue weighted by Crippen LogP contribution is 2.30. The van der Waals surface area contributed by atoms with Gasteiger partial charge in [0.25, 0.3) is 0 Å². The summed E-state index contributed by atoms with van der Waals surface area (Å²) >= 11 is 0. The van der Waals surface area contributed by atoms with Gasteiger partial charge in [-0.25, -0.2) is 9.59 Å². The second-order valence-electron chi connectivity index (χ2n) is 5.75. The predicted molar refractivity (Wildman–Crippen MR) is 62.7 cm³/mol. The molecular formula is C12H21NO4. The maximum atomic E-state index is 11.9. The summed E-state index contributed by atoms with van der Waals surface area (Å²) in [4.78, 5) is 24.4. The molecule has 1 aliphatic heterocycles. The Bertz CT molecular complexity index is 321. The zero-order valence-corrected chi connectivity index (χ0v) is 11.1. The first-order chi connectivity index (χ1) is 7.63. The Balaban J connectivity index is 2.82. The van der Waals surface area contributed by atoms with Crippen LogP contribution in [0.5, 0.6) is 0 Å². The van der Waals surface area contributed by atoms with E-state index >= 15 is 0 Å². The largest absolute Gasteiger partial charge is 0.480 e. The molecule has 0 bridgehead atoms. The van der Waals surface area contributed by atoms with Crippen molar-refractivity contribution in [3.05, 3.63) is 0 Å². The minimum Gasteiger partial charge on any atom is -0.480 e. The van der Waals surface area contributed by atoms with Crippen LogP contribution in [0.4, 0.5) is 4.79 Å². The van der Waals surface area contributed by atoms with Crippen molar-refractivity contribution in [2.45, 2.75) is 46.3 Å². The Morgan fingerprint density at radius 2 is 1.82 bits per heavy atom. The molecule has 98 valence electrons. The fraction of sp³-hybridized carbons (Fsp3) is 0.833. The minimum atomic E-state index is -0.965. The molecule has 0 aromatic heterocycles. The molecule has 1 rings (SSSR count). The van der Waals surface area contributed by atoms with Gasteiger partial charge in [-0.05, 0) is 32.6 Å². The van der Waals surface area contributed by atoms with Crippen molar-refractivity contribution in [1.82, 2.24) is 4.90 Å². The SMILES string of the molecule is C[C@@H]1[C@@H](C(=O)O)N(C(=O)OC(C)(C)C)C[C@@H]1C. The van der Waals surface area contributed by atoms with E-state index in [1.54, 1.807) is 20.8 Å². The van der Waals surface area contributed by atoms with E-state index in [0.717, 1.165) is 0 Å². The minimum absolute atomic E-state index is 0.0555.